The zero-order valence-electron chi connectivity index (χ0n) is 14.9. The molecule has 0 heterocycles. The van der Waals surface area contributed by atoms with Crippen molar-refractivity contribution in [2.24, 2.45) is 5.14 Å². The van der Waals surface area contributed by atoms with Crippen LogP contribution in [0.2, 0.25) is 0 Å². The van der Waals surface area contributed by atoms with Gasteiger partial charge in [-0.05, 0) is 30.3 Å². The summed E-state index contributed by atoms with van der Waals surface area (Å²) in [6, 6.07) is 13.7. The zero-order valence-corrected chi connectivity index (χ0v) is 15.7. The fourth-order valence-electron chi connectivity index (χ4n) is 2.31. The lowest BCUT2D eigenvalue weighted by Crippen LogP contribution is -2.35. The number of hydrogen-bond donors (Lipinski definition) is 1. The summed E-state index contributed by atoms with van der Waals surface area (Å²) in [6.45, 7) is -0.886. The van der Waals surface area contributed by atoms with Crippen molar-refractivity contribution in [1.82, 2.24) is 0 Å². The fourth-order valence-corrected chi connectivity index (χ4v) is 2.85. The Morgan fingerprint density at radius 1 is 1.18 bits per heavy atom. The number of carbonyl (C=O) groups is 2. The van der Waals surface area contributed by atoms with E-state index in [-0.39, 0.29) is 22.8 Å². The molecule has 0 fully saturated rings. The summed E-state index contributed by atoms with van der Waals surface area (Å²) in [5.74, 6) is -1.54. The van der Waals surface area contributed by atoms with Gasteiger partial charge in [-0.15, -0.1) is 0 Å². The van der Waals surface area contributed by atoms with Crippen LogP contribution in [0.1, 0.15) is 10.4 Å². The molecule has 2 rings (SSSR count). The van der Waals surface area contributed by atoms with Crippen molar-refractivity contribution in [2.75, 3.05) is 25.2 Å². The smallest absolute Gasteiger partial charge is 0.342 e. The molecule has 0 aromatic heterocycles. The largest absolute Gasteiger partial charge is 0.496 e. The number of esters is 1. The lowest BCUT2D eigenvalue weighted by atomic mass is 10.2. The van der Waals surface area contributed by atoms with Crippen LogP contribution in [0.25, 0.3) is 0 Å². The van der Waals surface area contributed by atoms with Crippen LogP contribution >= 0.6 is 0 Å². The molecule has 0 aliphatic carbocycles. The highest BCUT2D eigenvalue weighted by molar-refractivity contribution is 7.89. The molecular weight excluding hydrogens is 386 g/mol. The number of nitriles is 1. The van der Waals surface area contributed by atoms with Crippen LogP contribution in [-0.2, 0) is 19.6 Å². The third kappa shape index (κ3) is 5.06. The van der Waals surface area contributed by atoms with Crippen LogP contribution < -0.4 is 14.8 Å². The summed E-state index contributed by atoms with van der Waals surface area (Å²) in [5.41, 5.74) is 0.271. The summed E-state index contributed by atoms with van der Waals surface area (Å²) in [5, 5.41) is 14.0. The van der Waals surface area contributed by atoms with E-state index in [9.17, 15) is 18.0 Å². The molecule has 0 bridgehead atoms. The molecule has 0 atom stereocenters. The van der Waals surface area contributed by atoms with E-state index in [2.05, 4.69) is 0 Å². The Balaban J connectivity index is 2.19. The molecule has 0 spiro atoms. The molecule has 0 saturated heterocycles. The van der Waals surface area contributed by atoms with Gasteiger partial charge in [-0.1, -0.05) is 18.2 Å². The number of carbonyl (C=O) groups excluding carboxylic acids is 2. The highest BCUT2D eigenvalue weighted by Gasteiger charge is 2.21. The van der Waals surface area contributed by atoms with Gasteiger partial charge in [-0.2, -0.15) is 5.26 Å². The summed E-state index contributed by atoms with van der Waals surface area (Å²) < 4.78 is 33.0. The van der Waals surface area contributed by atoms with E-state index >= 15 is 0 Å². The Kier molecular flexibility index (Phi) is 6.70. The van der Waals surface area contributed by atoms with E-state index in [0.717, 1.165) is 11.0 Å². The highest BCUT2D eigenvalue weighted by Crippen LogP contribution is 2.23. The molecule has 1 amide bonds. The molecule has 2 N–H and O–H groups in total. The van der Waals surface area contributed by atoms with Gasteiger partial charge < -0.3 is 9.47 Å². The van der Waals surface area contributed by atoms with Gasteiger partial charge in [0, 0.05) is 5.69 Å². The Labute approximate surface area is 161 Å². The molecule has 0 radical (unpaired) electrons. The number of hydrogen-bond acceptors (Lipinski definition) is 7. The van der Waals surface area contributed by atoms with Crippen LogP contribution in [0.3, 0.4) is 0 Å². The minimum atomic E-state index is -4.05. The summed E-state index contributed by atoms with van der Waals surface area (Å²) in [7, 11) is -2.76. The lowest BCUT2D eigenvalue weighted by molar-refractivity contribution is -0.121. The summed E-state index contributed by atoms with van der Waals surface area (Å²) >= 11 is 0. The third-order valence-corrected chi connectivity index (χ3v) is 4.55. The van der Waals surface area contributed by atoms with Crippen molar-refractivity contribution >= 4 is 27.6 Å². The number of nitrogens with two attached hydrogens (primary N) is 1. The second kappa shape index (κ2) is 8.98. The molecule has 146 valence electrons. The normalized spacial score (nSPS) is 10.6. The second-order valence-electron chi connectivity index (χ2n) is 5.46. The molecule has 0 saturated carbocycles. The monoisotopic (exact) mass is 403 g/mol. The van der Waals surface area contributed by atoms with Crippen LogP contribution in [0.5, 0.6) is 5.75 Å². The minimum Gasteiger partial charge on any atom is -0.496 e. The van der Waals surface area contributed by atoms with Gasteiger partial charge in [0.15, 0.2) is 6.61 Å². The maximum atomic E-state index is 12.4. The molecule has 10 heteroatoms. The van der Waals surface area contributed by atoms with E-state index in [1.54, 1.807) is 30.3 Å². The quantitative estimate of drug-likeness (QED) is 0.538. The van der Waals surface area contributed by atoms with E-state index in [1.807, 2.05) is 6.07 Å². The molecule has 0 aliphatic rings. The first-order valence-corrected chi connectivity index (χ1v) is 9.43. The third-order valence-electron chi connectivity index (χ3n) is 3.64. The number of ether oxygens (including phenoxy) is 2. The SMILES string of the molecule is COc1ccc(S(N)(=O)=O)cc1C(=O)OCC(=O)N(CC#N)c1ccccc1. The van der Waals surface area contributed by atoms with Gasteiger partial charge in [-0.25, -0.2) is 18.4 Å². The number of nitrogens with zero attached hydrogens (tertiary/aromatic N) is 2. The molecule has 2 aromatic carbocycles. The molecule has 0 aliphatic heterocycles. The molecular formula is C18H17N3O6S. The van der Waals surface area contributed by atoms with Gasteiger partial charge in [0.1, 0.15) is 17.9 Å². The number of sulfonamides is 1. The standard InChI is InChI=1S/C18H17N3O6S/c1-26-16-8-7-14(28(20,24)25)11-15(16)18(23)27-12-17(22)21(10-9-19)13-5-3-2-4-6-13/h2-8,11H,10,12H2,1H3,(H2,20,24,25). The van der Waals surface area contributed by atoms with Crippen molar-refractivity contribution in [3.63, 3.8) is 0 Å². The maximum Gasteiger partial charge on any atom is 0.342 e. The topological polar surface area (TPSA) is 140 Å². The van der Waals surface area contributed by atoms with Crippen LogP contribution in [0.15, 0.2) is 53.4 Å². The molecule has 0 unspecified atom stereocenters. The minimum absolute atomic E-state index is 0.0572. The summed E-state index contributed by atoms with van der Waals surface area (Å²) in [4.78, 5) is 25.6. The first-order valence-electron chi connectivity index (χ1n) is 7.88. The summed E-state index contributed by atoms with van der Waals surface area (Å²) in [6.07, 6.45) is 0. The van der Waals surface area contributed by atoms with Gasteiger partial charge in [0.2, 0.25) is 10.0 Å². The Hall–Kier alpha value is -3.42. The number of anilines is 1. The van der Waals surface area contributed by atoms with Crippen molar-refractivity contribution in [2.45, 2.75) is 4.90 Å². The lowest BCUT2D eigenvalue weighted by Gasteiger charge is -2.19. The van der Waals surface area contributed by atoms with Crippen molar-refractivity contribution in [1.29, 1.82) is 5.26 Å². The number of primary sulfonamides is 1. The van der Waals surface area contributed by atoms with Gasteiger partial charge >= 0.3 is 5.97 Å². The van der Waals surface area contributed by atoms with Crippen molar-refractivity contribution in [3.05, 3.63) is 54.1 Å². The van der Waals surface area contributed by atoms with Crippen LogP contribution in [0, 0.1) is 11.3 Å². The first-order chi connectivity index (χ1) is 13.3. The number of para-hydroxylation sites is 1. The average molecular weight is 403 g/mol. The van der Waals surface area contributed by atoms with E-state index < -0.39 is 28.5 Å². The van der Waals surface area contributed by atoms with Gasteiger partial charge in [0.05, 0.1) is 18.1 Å². The number of benzene rings is 2. The first kappa shape index (κ1) is 20.9. The predicted octanol–water partition coefficient (Wildman–Crippen LogP) is 1.06. The molecule has 2 aromatic rings. The van der Waals surface area contributed by atoms with Gasteiger partial charge in [-0.3, -0.25) is 9.69 Å². The van der Waals surface area contributed by atoms with E-state index in [4.69, 9.17) is 19.9 Å². The maximum absolute atomic E-state index is 12.4. The second-order valence-corrected chi connectivity index (χ2v) is 7.02. The highest BCUT2D eigenvalue weighted by atomic mass is 32.2. The van der Waals surface area contributed by atoms with Crippen molar-refractivity contribution < 1.29 is 27.5 Å². The van der Waals surface area contributed by atoms with Crippen LogP contribution in [-0.4, -0.2) is 40.6 Å². The average Bonchev–Trinajstić information content (AvgIpc) is 2.69. The van der Waals surface area contributed by atoms with Crippen LogP contribution in [0.4, 0.5) is 5.69 Å². The van der Waals surface area contributed by atoms with E-state index in [1.165, 1.54) is 19.2 Å². The van der Waals surface area contributed by atoms with Crippen molar-refractivity contribution in [3.8, 4) is 11.8 Å². The van der Waals surface area contributed by atoms with E-state index in [0.29, 0.717) is 5.69 Å². The van der Waals surface area contributed by atoms with Gasteiger partial charge in [0.25, 0.3) is 5.91 Å². The Morgan fingerprint density at radius 2 is 1.86 bits per heavy atom. The Morgan fingerprint density at radius 3 is 2.43 bits per heavy atom. The zero-order chi connectivity index (χ0) is 20.7. The number of rotatable bonds is 7. The number of methoxy groups -OCH3 is 1. The Bertz CT molecular complexity index is 1020. The molecule has 28 heavy (non-hydrogen) atoms. The molecule has 9 nitrogen and oxygen atoms in total. The fraction of sp³-hybridized carbons (Fsp3) is 0.167. The number of amides is 1. The predicted molar refractivity (Wildman–Crippen MR) is 99.1 cm³/mol.